The number of guanidine groups is 1. The zero-order valence-electron chi connectivity index (χ0n) is 17.8. The zero-order valence-corrected chi connectivity index (χ0v) is 20.2. The SMILES string of the molecule is CN=C(NCCNC(=O)C(C)(C)C)N1CCN(CC(=O)NCCOC)CC1.I. The number of ether oxygens (including phenoxy) is 1. The highest BCUT2D eigenvalue weighted by atomic mass is 127. The molecule has 1 aliphatic heterocycles. The number of aliphatic imine (C=N–C) groups is 1. The maximum Gasteiger partial charge on any atom is 0.234 e. The van der Waals surface area contributed by atoms with Crippen LogP contribution < -0.4 is 16.0 Å². The van der Waals surface area contributed by atoms with E-state index in [1.165, 1.54) is 0 Å². The van der Waals surface area contributed by atoms with Crippen LogP contribution in [0.15, 0.2) is 4.99 Å². The summed E-state index contributed by atoms with van der Waals surface area (Å²) in [6.07, 6.45) is 0. The van der Waals surface area contributed by atoms with Gasteiger partial charge in [0.05, 0.1) is 13.2 Å². The molecule has 3 N–H and O–H groups in total. The summed E-state index contributed by atoms with van der Waals surface area (Å²) in [5.74, 6) is 0.887. The van der Waals surface area contributed by atoms with Crippen molar-refractivity contribution >= 4 is 41.8 Å². The Bertz CT molecular complexity index is 502. The predicted octanol–water partition coefficient (Wildman–Crippen LogP) is -0.278. The van der Waals surface area contributed by atoms with Crippen LogP contribution in [0.2, 0.25) is 0 Å². The molecule has 0 aromatic rings. The van der Waals surface area contributed by atoms with Gasteiger partial charge in [0.25, 0.3) is 0 Å². The van der Waals surface area contributed by atoms with E-state index in [0.717, 1.165) is 32.1 Å². The summed E-state index contributed by atoms with van der Waals surface area (Å²) in [7, 11) is 3.37. The van der Waals surface area contributed by atoms with Crippen molar-refractivity contribution in [2.45, 2.75) is 20.8 Å². The Morgan fingerprint density at radius 3 is 2.14 bits per heavy atom. The van der Waals surface area contributed by atoms with Crippen LogP contribution in [0.4, 0.5) is 0 Å². The van der Waals surface area contributed by atoms with Crippen molar-refractivity contribution in [3.05, 3.63) is 0 Å². The van der Waals surface area contributed by atoms with Crippen LogP contribution in [-0.4, -0.2) is 101 Å². The first-order chi connectivity index (χ1) is 12.8. The Labute approximate surface area is 186 Å². The minimum atomic E-state index is -0.381. The number of methoxy groups -OCH3 is 1. The van der Waals surface area contributed by atoms with Crippen molar-refractivity contribution in [1.29, 1.82) is 0 Å². The van der Waals surface area contributed by atoms with Crippen LogP contribution >= 0.6 is 24.0 Å². The van der Waals surface area contributed by atoms with Gasteiger partial charge in [-0.3, -0.25) is 19.5 Å². The number of carbonyl (C=O) groups excluding carboxylic acids is 2. The molecule has 0 aromatic heterocycles. The first-order valence-corrected chi connectivity index (χ1v) is 9.49. The summed E-state index contributed by atoms with van der Waals surface area (Å²) in [6.45, 7) is 11.5. The standard InChI is InChI=1S/C18H36N6O3.HI/c1-18(2,3)16(26)21-6-7-22-17(19-4)24-11-9-23(10-12-24)14-15(25)20-8-13-27-5;/h6-14H2,1-5H3,(H,19,22)(H,20,25)(H,21,26);1H. The van der Waals surface area contributed by atoms with Gasteiger partial charge in [0, 0.05) is 65.4 Å². The monoisotopic (exact) mass is 512 g/mol. The molecule has 0 unspecified atom stereocenters. The van der Waals surface area contributed by atoms with Crippen molar-refractivity contribution in [1.82, 2.24) is 25.8 Å². The number of rotatable bonds is 8. The summed E-state index contributed by atoms with van der Waals surface area (Å²) >= 11 is 0. The van der Waals surface area contributed by atoms with E-state index >= 15 is 0 Å². The Morgan fingerprint density at radius 1 is 1.00 bits per heavy atom. The number of piperazine rings is 1. The first-order valence-electron chi connectivity index (χ1n) is 9.49. The number of carbonyl (C=O) groups is 2. The van der Waals surface area contributed by atoms with E-state index in [9.17, 15) is 9.59 Å². The summed E-state index contributed by atoms with van der Waals surface area (Å²) in [5, 5.41) is 9.04. The molecule has 1 fully saturated rings. The van der Waals surface area contributed by atoms with Crippen molar-refractivity contribution in [2.24, 2.45) is 10.4 Å². The molecule has 0 bridgehead atoms. The van der Waals surface area contributed by atoms with Gasteiger partial charge in [0.15, 0.2) is 5.96 Å². The highest BCUT2D eigenvalue weighted by molar-refractivity contribution is 14.0. The van der Waals surface area contributed by atoms with E-state index in [4.69, 9.17) is 4.74 Å². The fraction of sp³-hybridized carbons (Fsp3) is 0.833. The normalized spacial score (nSPS) is 15.6. The number of hydrogen-bond acceptors (Lipinski definition) is 5. The second-order valence-electron chi connectivity index (χ2n) is 7.59. The third kappa shape index (κ3) is 10.4. The van der Waals surface area contributed by atoms with Gasteiger partial charge in [-0.15, -0.1) is 24.0 Å². The molecular formula is C18H37IN6O3. The van der Waals surface area contributed by atoms with Gasteiger partial charge in [-0.05, 0) is 0 Å². The van der Waals surface area contributed by atoms with E-state index in [2.05, 4.69) is 30.7 Å². The molecule has 0 saturated carbocycles. The molecule has 9 nitrogen and oxygen atoms in total. The molecule has 2 amide bonds. The molecule has 164 valence electrons. The Morgan fingerprint density at radius 2 is 1.61 bits per heavy atom. The van der Waals surface area contributed by atoms with E-state index < -0.39 is 0 Å². The van der Waals surface area contributed by atoms with Crippen molar-refractivity contribution < 1.29 is 14.3 Å². The van der Waals surface area contributed by atoms with E-state index in [0.29, 0.717) is 32.8 Å². The van der Waals surface area contributed by atoms with Crippen molar-refractivity contribution in [3.63, 3.8) is 0 Å². The molecule has 1 saturated heterocycles. The molecule has 1 heterocycles. The predicted molar refractivity (Wildman–Crippen MR) is 122 cm³/mol. The lowest BCUT2D eigenvalue weighted by Gasteiger charge is -2.36. The Hall–Kier alpha value is -1.14. The zero-order chi connectivity index (χ0) is 20.3. The Kier molecular flexibility index (Phi) is 13.4. The van der Waals surface area contributed by atoms with Crippen LogP contribution in [0.1, 0.15) is 20.8 Å². The van der Waals surface area contributed by atoms with Crippen molar-refractivity contribution in [3.8, 4) is 0 Å². The maximum absolute atomic E-state index is 11.9. The van der Waals surface area contributed by atoms with Gasteiger partial charge in [-0.1, -0.05) is 20.8 Å². The fourth-order valence-electron chi connectivity index (χ4n) is 2.62. The van der Waals surface area contributed by atoms with Gasteiger partial charge in [-0.25, -0.2) is 0 Å². The molecule has 1 rings (SSSR count). The fourth-order valence-corrected chi connectivity index (χ4v) is 2.62. The van der Waals surface area contributed by atoms with Crippen LogP contribution in [0, 0.1) is 5.41 Å². The third-order valence-electron chi connectivity index (χ3n) is 4.25. The second-order valence-corrected chi connectivity index (χ2v) is 7.59. The maximum atomic E-state index is 11.9. The number of nitrogens with zero attached hydrogens (tertiary/aromatic N) is 3. The number of nitrogens with one attached hydrogen (secondary N) is 3. The van der Waals surface area contributed by atoms with Gasteiger partial charge in [0.2, 0.25) is 11.8 Å². The van der Waals surface area contributed by atoms with Gasteiger partial charge < -0.3 is 25.6 Å². The number of halogens is 1. The number of hydrogen-bond donors (Lipinski definition) is 3. The van der Waals surface area contributed by atoms with E-state index in [1.807, 2.05) is 20.8 Å². The van der Waals surface area contributed by atoms with Crippen molar-refractivity contribution in [2.75, 3.05) is 73.1 Å². The van der Waals surface area contributed by atoms with E-state index in [-0.39, 0.29) is 41.2 Å². The van der Waals surface area contributed by atoms with Gasteiger partial charge in [0.1, 0.15) is 0 Å². The summed E-state index contributed by atoms with van der Waals surface area (Å²) in [4.78, 5) is 32.4. The third-order valence-corrected chi connectivity index (χ3v) is 4.25. The second kappa shape index (κ2) is 13.9. The minimum absolute atomic E-state index is 0. The average Bonchev–Trinajstić information content (AvgIpc) is 2.62. The Balaban J connectivity index is 0.00000729. The highest BCUT2D eigenvalue weighted by Gasteiger charge is 2.22. The van der Waals surface area contributed by atoms with Gasteiger partial charge >= 0.3 is 0 Å². The quantitative estimate of drug-likeness (QED) is 0.179. The largest absolute Gasteiger partial charge is 0.383 e. The molecular weight excluding hydrogens is 475 g/mol. The van der Waals surface area contributed by atoms with Crippen LogP contribution in [0.5, 0.6) is 0 Å². The molecule has 0 aromatic carbocycles. The average molecular weight is 512 g/mol. The van der Waals surface area contributed by atoms with Crippen LogP contribution in [0.3, 0.4) is 0 Å². The summed E-state index contributed by atoms with van der Waals surface area (Å²) in [6, 6.07) is 0. The van der Waals surface area contributed by atoms with Gasteiger partial charge in [-0.2, -0.15) is 0 Å². The summed E-state index contributed by atoms with van der Waals surface area (Å²) < 4.78 is 4.93. The minimum Gasteiger partial charge on any atom is -0.383 e. The molecule has 0 spiro atoms. The lowest BCUT2D eigenvalue weighted by molar-refractivity contribution is -0.128. The molecule has 1 aliphatic rings. The molecule has 0 aliphatic carbocycles. The molecule has 28 heavy (non-hydrogen) atoms. The molecule has 10 heteroatoms. The van der Waals surface area contributed by atoms with Crippen LogP contribution in [-0.2, 0) is 14.3 Å². The summed E-state index contributed by atoms with van der Waals surface area (Å²) in [5.41, 5.74) is -0.381. The smallest absolute Gasteiger partial charge is 0.234 e. The number of amides is 2. The molecule has 0 radical (unpaired) electrons. The lowest BCUT2D eigenvalue weighted by atomic mass is 9.96. The highest BCUT2D eigenvalue weighted by Crippen LogP contribution is 2.11. The lowest BCUT2D eigenvalue weighted by Crippen LogP contribution is -2.54. The topological polar surface area (TPSA) is 98.3 Å². The molecule has 0 atom stereocenters. The first kappa shape index (κ1) is 26.9. The van der Waals surface area contributed by atoms with E-state index in [1.54, 1.807) is 14.2 Å². The van der Waals surface area contributed by atoms with Crippen LogP contribution in [0.25, 0.3) is 0 Å².